The fraction of sp³-hybridized carbons (Fsp3) is 0. The van der Waals surface area contributed by atoms with Crippen LogP contribution in [0.4, 0.5) is 0 Å². The monoisotopic (exact) mass is 706 g/mol. The fourth-order valence-corrected chi connectivity index (χ4v) is 8.93. The van der Waals surface area contributed by atoms with Crippen LogP contribution in [0.3, 0.4) is 0 Å². The molecule has 0 bridgehead atoms. The largest absolute Gasteiger partial charge is 0.456 e. The van der Waals surface area contributed by atoms with E-state index in [4.69, 9.17) is 14.4 Å². The predicted octanol–water partition coefficient (Wildman–Crippen LogP) is 14.2. The highest BCUT2D eigenvalue weighted by molar-refractivity contribution is 7.26. The Balaban J connectivity index is 1.04. The molecule has 0 aliphatic rings. The Morgan fingerprint density at radius 1 is 0.407 bits per heavy atom. The molecule has 8 aromatic carbocycles. The van der Waals surface area contributed by atoms with Crippen LogP contribution in [0.5, 0.6) is 0 Å². The summed E-state index contributed by atoms with van der Waals surface area (Å²) in [5.74, 6) is 0.687. The minimum Gasteiger partial charge on any atom is -0.456 e. The first-order valence-corrected chi connectivity index (χ1v) is 19.0. The number of nitrogens with zero attached hydrogens (tertiary/aromatic N) is 2. The van der Waals surface area contributed by atoms with Crippen molar-refractivity contribution in [3.8, 4) is 56.0 Å². The molecular formula is C50H30N2OS. The lowest BCUT2D eigenvalue weighted by atomic mass is 9.97. The molecule has 4 heteroatoms. The first kappa shape index (κ1) is 30.7. The second kappa shape index (κ2) is 12.4. The predicted molar refractivity (Wildman–Crippen MR) is 227 cm³/mol. The first-order valence-electron chi connectivity index (χ1n) is 18.1. The van der Waals surface area contributed by atoms with Crippen LogP contribution in [0.2, 0.25) is 0 Å². The molecule has 11 aromatic rings. The average molecular weight is 707 g/mol. The zero-order valence-corrected chi connectivity index (χ0v) is 29.8. The average Bonchev–Trinajstić information content (AvgIpc) is 3.82. The molecule has 54 heavy (non-hydrogen) atoms. The molecule has 0 spiro atoms. The van der Waals surface area contributed by atoms with Crippen molar-refractivity contribution in [1.82, 2.24) is 9.97 Å². The standard InChI is InChI=1S/C50H30N2OS/c1-2-9-31(10-3-1)33-21-24-36(25-22-33)47-49-48(40-13-6-7-16-45(40)54-49)52-50(51-47)41-14-8-15-44-46(41)42-30-39(27-28-43(42)53-44)35-19-17-34(18-20-35)38-26-23-32-11-4-5-12-37(32)29-38/h1-30H. The van der Waals surface area contributed by atoms with E-state index in [1.807, 2.05) is 18.2 Å². The first-order chi connectivity index (χ1) is 26.7. The Labute approximate surface area is 315 Å². The van der Waals surface area contributed by atoms with E-state index in [-0.39, 0.29) is 0 Å². The van der Waals surface area contributed by atoms with Crippen LogP contribution in [0.15, 0.2) is 186 Å². The van der Waals surface area contributed by atoms with Gasteiger partial charge in [-0.15, -0.1) is 11.3 Å². The summed E-state index contributed by atoms with van der Waals surface area (Å²) in [5, 5.41) is 5.70. The van der Waals surface area contributed by atoms with Gasteiger partial charge in [0.25, 0.3) is 0 Å². The maximum atomic E-state index is 6.48. The summed E-state index contributed by atoms with van der Waals surface area (Å²) in [6.07, 6.45) is 0. The summed E-state index contributed by atoms with van der Waals surface area (Å²) in [4.78, 5) is 10.7. The molecule has 0 unspecified atom stereocenters. The van der Waals surface area contributed by atoms with E-state index in [9.17, 15) is 0 Å². The Hall–Kier alpha value is -6.88. The van der Waals surface area contributed by atoms with Gasteiger partial charge >= 0.3 is 0 Å². The van der Waals surface area contributed by atoms with Crippen molar-refractivity contribution in [1.29, 1.82) is 0 Å². The second-order valence-electron chi connectivity index (χ2n) is 13.7. The van der Waals surface area contributed by atoms with Gasteiger partial charge < -0.3 is 4.42 Å². The van der Waals surface area contributed by atoms with Crippen molar-refractivity contribution in [2.24, 2.45) is 0 Å². The molecule has 0 aliphatic heterocycles. The van der Waals surface area contributed by atoms with Gasteiger partial charge in [0.1, 0.15) is 11.2 Å². The molecule has 0 saturated carbocycles. The Morgan fingerprint density at radius 2 is 1.04 bits per heavy atom. The number of furan rings is 1. The van der Waals surface area contributed by atoms with Gasteiger partial charge in [0, 0.05) is 32.0 Å². The van der Waals surface area contributed by atoms with Gasteiger partial charge in [-0.05, 0) is 74.5 Å². The fourth-order valence-electron chi connectivity index (χ4n) is 7.77. The number of thiophene rings is 1. The molecule has 3 nitrogen and oxygen atoms in total. The summed E-state index contributed by atoms with van der Waals surface area (Å²) >= 11 is 1.75. The Morgan fingerprint density at radius 3 is 1.85 bits per heavy atom. The Kier molecular flexibility index (Phi) is 7.04. The molecule has 11 rings (SSSR count). The second-order valence-corrected chi connectivity index (χ2v) is 14.8. The lowest BCUT2D eigenvalue weighted by Crippen LogP contribution is -1.94. The number of hydrogen-bond donors (Lipinski definition) is 0. The maximum absolute atomic E-state index is 6.48. The van der Waals surface area contributed by atoms with E-state index in [1.165, 1.54) is 37.7 Å². The molecular weight excluding hydrogens is 677 g/mol. The van der Waals surface area contributed by atoms with Crippen molar-refractivity contribution in [2.75, 3.05) is 0 Å². The molecule has 0 atom stereocenters. The quantitative estimate of drug-likeness (QED) is 0.179. The van der Waals surface area contributed by atoms with Crippen LogP contribution in [-0.4, -0.2) is 9.97 Å². The van der Waals surface area contributed by atoms with Gasteiger partial charge in [0.2, 0.25) is 0 Å². The van der Waals surface area contributed by atoms with Crippen LogP contribution in [0, 0.1) is 0 Å². The van der Waals surface area contributed by atoms with E-state index in [2.05, 4.69) is 164 Å². The number of aromatic nitrogens is 2. The third kappa shape index (κ3) is 5.11. The molecule has 0 fully saturated rings. The highest BCUT2D eigenvalue weighted by atomic mass is 32.1. The maximum Gasteiger partial charge on any atom is 0.161 e. The van der Waals surface area contributed by atoms with Crippen LogP contribution in [0.1, 0.15) is 0 Å². The van der Waals surface area contributed by atoms with Gasteiger partial charge in [0.15, 0.2) is 5.82 Å². The van der Waals surface area contributed by atoms with Gasteiger partial charge in [-0.1, -0.05) is 152 Å². The molecule has 0 saturated heterocycles. The lowest BCUT2D eigenvalue weighted by Gasteiger charge is -2.09. The van der Waals surface area contributed by atoms with Crippen LogP contribution < -0.4 is 0 Å². The third-order valence-corrected chi connectivity index (χ3v) is 11.7. The molecule has 3 aromatic heterocycles. The van der Waals surface area contributed by atoms with Crippen molar-refractivity contribution < 1.29 is 4.42 Å². The highest BCUT2D eigenvalue weighted by Crippen LogP contribution is 2.42. The van der Waals surface area contributed by atoms with Crippen molar-refractivity contribution in [3.63, 3.8) is 0 Å². The summed E-state index contributed by atoms with van der Waals surface area (Å²) in [5.41, 5.74) is 12.6. The van der Waals surface area contributed by atoms with Crippen LogP contribution >= 0.6 is 11.3 Å². The smallest absolute Gasteiger partial charge is 0.161 e. The van der Waals surface area contributed by atoms with Gasteiger partial charge in [0.05, 0.1) is 15.9 Å². The van der Waals surface area contributed by atoms with E-state index in [1.54, 1.807) is 11.3 Å². The SMILES string of the molecule is c1ccc(-c2ccc(-c3nc(-c4cccc5oc6ccc(-c7ccc(-c8ccc9ccccc9c8)cc7)cc6c45)nc4c3sc3ccccc34)cc2)cc1. The molecule has 0 radical (unpaired) electrons. The normalized spacial score (nSPS) is 11.7. The van der Waals surface area contributed by atoms with Gasteiger partial charge in [-0.25, -0.2) is 9.97 Å². The summed E-state index contributed by atoms with van der Waals surface area (Å²) in [6.45, 7) is 0. The molecule has 3 heterocycles. The van der Waals surface area contributed by atoms with E-state index < -0.39 is 0 Å². The van der Waals surface area contributed by atoms with E-state index in [0.717, 1.165) is 65.5 Å². The third-order valence-electron chi connectivity index (χ3n) is 10.5. The Bertz CT molecular complexity index is 3200. The van der Waals surface area contributed by atoms with Gasteiger partial charge in [-0.2, -0.15) is 0 Å². The summed E-state index contributed by atoms with van der Waals surface area (Å²) < 4.78 is 8.76. The zero-order valence-electron chi connectivity index (χ0n) is 29.0. The molecule has 252 valence electrons. The minimum absolute atomic E-state index is 0.687. The number of benzene rings is 8. The van der Waals surface area contributed by atoms with Crippen LogP contribution in [0.25, 0.3) is 109 Å². The molecule has 0 amide bonds. The van der Waals surface area contributed by atoms with Crippen molar-refractivity contribution >= 4 is 64.4 Å². The van der Waals surface area contributed by atoms with E-state index in [0.29, 0.717) is 5.82 Å². The van der Waals surface area contributed by atoms with Gasteiger partial charge in [-0.3, -0.25) is 0 Å². The topological polar surface area (TPSA) is 38.9 Å². The number of rotatable bonds is 5. The lowest BCUT2D eigenvalue weighted by molar-refractivity contribution is 0.669. The highest BCUT2D eigenvalue weighted by Gasteiger charge is 2.20. The number of hydrogen-bond acceptors (Lipinski definition) is 4. The summed E-state index contributed by atoms with van der Waals surface area (Å²) in [7, 11) is 0. The van der Waals surface area contributed by atoms with Crippen LogP contribution in [-0.2, 0) is 0 Å². The van der Waals surface area contributed by atoms with Crippen molar-refractivity contribution in [3.05, 3.63) is 182 Å². The van der Waals surface area contributed by atoms with Crippen molar-refractivity contribution in [2.45, 2.75) is 0 Å². The van der Waals surface area contributed by atoms with E-state index >= 15 is 0 Å². The zero-order chi connectivity index (χ0) is 35.6. The molecule has 0 aliphatic carbocycles. The number of fused-ring (bicyclic) bond motifs is 7. The minimum atomic E-state index is 0.687. The summed E-state index contributed by atoms with van der Waals surface area (Å²) in [6, 6.07) is 64.4. The molecule has 0 N–H and O–H groups in total.